The highest BCUT2D eigenvalue weighted by Gasteiger charge is 2.14. The van der Waals surface area contributed by atoms with Crippen molar-refractivity contribution in [3.63, 3.8) is 0 Å². The van der Waals surface area contributed by atoms with Gasteiger partial charge in [0, 0.05) is 5.69 Å². The average Bonchev–Trinajstić information content (AvgIpc) is 2.33. The molecule has 2 nitrogen and oxygen atoms in total. The van der Waals surface area contributed by atoms with E-state index >= 15 is 0 Å². The Morgan fingerprint density at radius 3 is 1.90 bits per heavy atom. The molecule has 2 rings (SSSR count). The molecule has 0 fully saturated rings. The molecule has 0 radical (unpaired) electrons. The normalized spacial score (nSPS) is 11.4. The van der Waals surface area contributed by atoms with Crippen molar-refractivity contribution in [3.8, 4) is 11.5 Å². The number of halogens is 2. The first kappa shape index (κ1) is 15.0. The van der Waals surface area contributed by atoms with Crippen LogP contribution in [0.5, 0.6) is 11.5 Å². The first-order valence-electron chi connectivity index (χ1n) is 6.30. The van der Waals surface area contributed by atoms with Crippen LogP contribution in [-0.2, 0) is 5.41 Å². The molecule has 20 heavy (non-hydrogen) atoms. The maximum atomic E-state index is 6.10. The van der Waals surface area contributed by atoms with Gasteiger partial charge in [-0.25, -0.2) is 0 Å². The summed E-state index contributed by atoms with van der Waals surface area (Å²) in [6.07, 6.45) is 0. The lowest BCUT2D eigenvalue weighted by molar-refractivity contribution is 0.482. The van der Waals surface area contributed by atoms with E-state index in [0.29, 0.717) is 27.2 Å². The van der Waals surface area contributed by atoms with E-state index in [9.17, 15) is 0 Å². The Hall–Kier alpha value is -1.38. The quantitative estimate of drug-likeness (QED) is 0.726. The summed E-state index contributed by atoms with van der Waals surface area (Å²) >= 11 is 12.2. The van der Waals surface area contributed by atoms with Crippen molar-refractivity contribution < 1.29 is 4.74 Å². The van der Waals surface area contributed by atoms with Crippen molar-refractivity contribution in [2.24, 2.45) is 0 Å². The topological polar surface area (TPSA) is 35.2 Å². The third-order valence-corrected chi connectivity index (χ3v) is 3.52. The number of nitrogens with two attached hydrogens (primary N) is 1. The zero-order valence-electron chi connectivity index (χ0n) is 11.7. The minimum atomic E-state index is 0.106. The third-order valence-electron chi connectivity index (χ3n) is 2.96. The number of ether oxygens (including phenoxy) is 1. The molecule has 0 aliphatic heterocycles. The summed E-state index contributed by atoms with van der Waals surface area (Å²) in [5.41, 5.74) is 7.52. The van der Waals surface area contributed by atoms with Crippen molar-refractivity contribution >= 4 is 28.9 Å². The minimum absolute atomic E-state index is 0.106. The monoisotopic (exact) mass is 309 g/mol. The van der Waals surface area contributed by atoms with Crippen LogP contribution in [0.2, 0.25) is 10.0 Å². The summed E-state index contributed by atoms with van der Waals surface area (Å²) in [6.45, 7) is 6.49. The summed E-state index contributed by atoms with van der Waals surface area (Å²) in [6, 6.07) is 11.1. The Kier molecular flexibility index (Phi) is 4.17. The molecule has 0 saturated carbocycles. The molecule has 2 N–H and O–H groups in total. The Morgan fingerprint density at radius 1 is 0.950 bits per heavy atom. The summed E-state index contributed by atoms with van der Waals surface area (Å²) in [7, 11) is 0. The van der Waals surface area contributed by atoms with E-state index in [0.717, 1.165) is 0 Å². The fraction of sp³-hybridized carbons (Fsp3) is 0.250. The van der Waals surface area contributed by atoms with Gasteiger partial charge in [-0.1, -0.05) is 56.1 Å². The highest BCUT2D eigenvalue weighted by atomic mass is 35.5. The highest BCUT2D eigenvalue weighted by molar-refractivity contribution is 6.37. The molecule has 0 saturated heterocycles. The number of rotatable bonds is 2. The van der Waals surface area contributed by atoms with Crippen LogP contribution in [0.25, 0.3) is 0 Å². The molecule has 0 heterocycles. The molecule has 4 heteroatoms. The van der Waals surface area contributed by atoms with E-state index in [1.165, 1.54) is 5.56 Å². The maximum Gasteiger partial charge on any atom is 0.164 e. The van der Waals surface area contributed by atoms with E-state index in [2.05, 4.69) is 20.8 Å². The molecule has 0 atom stereocenters. The molecule has 0 spiro atoms. The highest BCUT2D eigenvalue weighted by Crippen LogP contribution is 2.38. The molecule has 0 aromatic heterocycles. The molecule has 0 aliphatic carbocycles. The van der Waals surface area contributed by atoms with Crippen molar-refractivity contribution in [1.29, 1.82) is 0 Å². The van der Waals surface area contributed by atoms with Crippen LogP contribution >= 0.6 is 23.2 Å². The Labute approximate surface area is 129 Å². The fourth-order valence-electron chi connectivity index (χ4n) is 1.82. The van der Waals surface area contributed by atoms with Crippen LogP contribution in [0.15, 0.2) is 36.4 Å². The third kappa shape index (κ3) is 3.38. The second kappa shape index (κ2) is 5.55. The van der Waals surface area contributed by atoms with Crippen molar-refractivity contribution in [3.05, 3.63) is 52.0 Å². The van der Waals surface area contributed by atoms with Crippen LogP contribution in [0.4, 0.5) is 5.69 Å². The van der Waals surface area contributed by atoms with Gasteiger partial charge in [-0.2, -0.15) is 0 Å². The molecule has 2 aromatic rings. The first-order chi connectivity index (χ1) is 9.27. The van der Waals surface area contributed by atoms with Crippen LogP contribution < -0.4 is 10.5 Å². The molecule has 0 amide bonds. The van der Waals surface area contributed by atoms with E-state index < -0.39 is 0 Å². The van der Waals surface area contributed by atoms with Gasteiger partial charge in [-0.05, 0) is 35.2 Å². The van der Waals surface area contributed by atoms with Crippen molar-refractivity contribution in [2.45, 2.75) is 26.2 Å². The van der Waals surface area contributed by atoms with Gasteiger partial charge in [0.1, 0.15) is 5.75 Å². The van der Waals surface area contributed by atoms with Gasteiger partial charge >= 0.3 is 0 Å². The standard InChI is InChI=1S/C16H17Cl2NO/c1-16(2,3)10-4-6-12(7-5-10)20-15-13(17)8-11(19)9-14(15)18/h4-9H,19H2,1-3H3. The molecule has 2 aromatic carbocycles. The SMILES string of the molecule is CC(C)(C)c1ccc(Oc2c(Cl)cc(N)cc2Cl)cc1. The number of nitrogen functional groups attached to an aromatic ring is 1. The second-order valence-electron chi connectivity index (χ2n) is 5.69. The van der Waals surface area contributed by atoms with E-state index in [-0.39, 0.29) is 5.41 Å². The number of hydrogen-bond acceptors (Lipinski definition) is 2. The maximum absolute atomic E-state index is 6.10. The van der Waals surface area contributed by atoms with Crippen molar-refractivity contribution in [1.82, 2.24) is 0 Å². The Balaban J connectivity index is 2.27. The van der Waals surface area contributed by atoms with Crippen LogP contribution in [-0.4, -0.2) is 0 Å². The predicted octanol–water partition coefficient (Wildman–Crippen LogP) is 5.67. The number of benzene rings is 2. The zero-order valence-corrected chi connectivity index (χ0v) is 13.2. The number of anilines is 1. The molecule has 106 valence electrons. The van der Waals surface area contributed by atoms with Crippen molar-refractivity contribution in [2.75, 3.05) is 5.73 Å². The smallest absolute Gasteiger partial charge is 0.164 e. The molecular formula is C16H17Cl2NO. The molecule has 0 aliphatic rings. The second-order valence-corrected chi connectivity index (χ2v) is 6.50. The van der Waals surface area contributed by atoms with Gasteiger partial charge in [0.2, 0.25) is 0 Å². The summed E-state index contributed by atoms with van der Waals surface area (Å²) < 4.78 is 5.74. The fourth-order valence-corrected chi connectivity index (χ4v) is 2.40. The lowest BCUT2D eigenvalue weighted by Gasteiger charge is -2.19. The molecular weight excluding hydrogens is 293 g/mol. The van der Waals surface area contributed by atoms with Crippen LogP contribution in [0.3, 0.4) is 0 Å². The van der Waals surface area contributed by atoms with Gasteiger partial charge in [-0.3, -0.25) is 0 Å². The summed E-state index contributed by atoms with van der Waals surface area (Å²) in [4.78, 5) is 0. The van der Waals surface area contributed by atoms with Gasteiger partial charge < -0.3 is 10.5 Å². The van der Waals surface area contributed by atoms with E-state index in [1.807, 2.05) is 24.3 Å². The van der Waals surface area contributed by atoms with Gasteiger partial charge in [0.15, 0.2) is 5.75 Å². The minimum Gasteiger partial charge on any atom is -0.454 e. The van der Waals surface area contributed by atoms with Crippen LogP contribution in [0, 0.1) is 0 Å². The van der Waals surface area contributed by atoms with Crippen LogP contribution in [0.1, 0.15) is 26.3 Å². The number of hydrogen-bond donors (Lipinski definition) is 1. The predicted molar refractivity (Wildman–Crippen MR) is 86.1 cm³/mol. The van der Waals surface area contributed by atoms with E-state index in [4.69, 9.17) is 33.7 Å². The summed E-state index contributed by atoms with van der Waals surface area (Å²) in [5, 5.41) is 0.796. The van der Waals surface area contributed by atoms with Gasteiger partial charge in [-0.15, -0.1) is 0 Å². The average molecular weight is 310 g/mol. The first-order valence-corrected chi connectivity index (χ1v) is 7.06. The lowest BCUT2D eigenvalue weighted by atomic mass is 9.87. The van der Waals surface area contributed by atoms with Gasteiger partial charge in [0.25, 0.3) is 0 Å². The summed E-state index contributed by atoms with van der Waals surface area (Å²) in [5.74, 6) is 1.11. The molecule has 0 unspecified atom stereocenters. The molecule has 0 bridgehead atoms. The Bertz CT molecular complexity index is 592. The van der Waals surface area contributed by atoms with E-state index in [1.54, 1.807) is 12.1 Å². The Morgan fingerprint density at radius 2 is 1.45 bits per heavy atom. The zero-order chi connectivity index (χ0) is 14.9. The lowest BCUT2D eigenvalue weighted by Crippen LogP contribution is -2.10. The van der Waals surface area contributed by atoms with Gasteiger partial charge in [0.05, 0.1) is 10.0 Å². The largest absolute Gasteiger partial charge is 0.454 e.